The summed E-state index contributed by atoms with van der Waals surface area (Å²) in [7, 11) is 0. The normalized spacial score (nSPS) is 20.5. The van der Waals surface area contributed by atoms with Crippen molar-refractivity contribution in [3.63, 3.8) is 0 Å². The molecule has 0 saturated carbocycles. The van der Waals surface area contributed by atoms with Crippen LogP contribution in [0, 0.1) is 0 Å². The molecule has 31 heavy (non-hydrogen) atoms. The van der Waals surface area contributed by atoms with Crippen LogP contribution in [0.1, 0.15) is 32.6 Å². The Hall–Kier alpha value is -1.70. The van der Waals surface area contributed by atoms with Crippen LogP contribution < -0.4 is 0 Å². The molecule has 1 aliphatic rings. The summed E-state index contributed by atoms with van der Waals surface area (Å²) in [6, 6.07) is -3.20. The van der Waals surface area contributed by atoms with Crippen molar-refractivity contribution < 1.29 is 61.9 Å². The average Bonchev–Trinajstić information content (AvgIpc) is 2.85. The summed E-state index contributed by atoms with van der Waals surface area (Å²) in [4.78, 5) is 12.0. The van der Waals surface area contributed by atoms with Crippen LogP contribution in [-0.2, 0) is 4.79 Å². The largest absolute Gasteiger partial charge is 0.460 e. The predicted octanol–water partition coefficient (Wildman–Crippen LogP) is 6.07. The van der Waals surface area contributed by atoms with E-state index in [1.54, 1.807) is 0 Å². The minimum absolute atomic E-state index is 0.0246. The van der Waals surface area contributed by atoms with Crippen LogP contribution in [-0.4, -0.2) is 59.2 Å². The zero-order valence-corrected chi connectivity index (χ0v) is 15.6. The smallest absolute Gasteiger partial charge is 0.330 e. The highest BCUT2D eigenvalue weighted by atomic mass is 19.4. The number of halogens is 13. The fraction of sp³-hybridized carbons (Fsp3) is 0.812. The molecule has 0 spiro atoms. The number of hydrogen-bond donors (Lipinski definition) is 0. The Morgan fingerprint density at radius 3 is 1.61 bits per heavy atom. The first kappa shape index (κ1) is 27.3. The van der Waals surface area contributed by atoms with Gasteiger partial charge in [0.15, 0.2) is 0 Å². The van der Waals surface area contributed by atoms with E-state index in [9.17, 15) is 61.9 Å². The number of carbonyl (C=O) groups is 1. The molecule has 0 aromatic heterocycles. The first-order chi connectivity index (χ1) is 13.6. The molecule has 2 nitrogen and oxygen atoms in total. The summed E-state index contributed by atoms with van der Waals surface area (Å²) in [5.41, 5.74) is -0.522. The minimum Gasteiger partial charge on any atom is -0.330 e. The number of rotatable bonds is 6. The topological polar surface area (TPSA) is 20.3 Å². The molecule has 1 rings (SSSR count). The summed E-state index contributed by atoms with van der Waals surface area (Å²) >= 11 is 0. The highest BCUT2D eigenvalue weighted by Gasteiger charge is 2.91. The van der Waals surface area contributed by atoms with Crippen molar-refractivity contribution in [1.29, 1.82) is 0 Å². The Morgan fingerprint density at radius 1 is 0.742 bits per heavy atom. The second-order valence-electron chi connectivity index (χ2n) is 7.06. The first-order valence-electron chi connectivity index (χ1n) is 8.51. The van der Waals surface area contributed by atoms with E-state index in [1.807, 2.05) is 0 Å². The van der Waals surface area contributed by atoms with Gasteiger partial charge in [0, 0.05) is 12.1 Å². The molecule has 0 bridgehead atoms. The lowest BCUT2D eigenvalue weighted by Crippen LogP contribution is -2.73. The van der Waals surface area contributed by atoms with Crippen LogP contribution in [0.25, 0.3) is 0 Å². The molecule has 1 aliphatic heterocycles. The van der Waals surface area contributed by atoms with Crippen LogP contribution >= 0.6 is 0 Å². The minimum atomic E-state index is -7.96. The third kappa shape index (κ3) is 4.08. The van der Waals surface area contributed by atoms with Crippen LogP contribution in [0.4, 0.5) is 57.1 Å². The fourth-order valence-electron chi connectivity index (χ4n) is 2.96. The zero-order chi connectivity index (χ0) is 24.8. The third-order valence-corrected chi connectivity index (χ3v) is 4.75. The van der Waals surface area contributed by atoms with Gasteiger partial charge in [-0.3, -0.25) is 4.79 Å². The molecule has 1 atom stereocenters. The highest BCUT2D eigenvalue weighted by Crippen LogP contribution is 2.61. The molecule has 1 heterocycles. The average molecular weight is 485 g/mol. The lowest BCUT2D eigenvalue weighted by Gasteiger charge is -2.44. The van der Waals surface area contributed by atoms with Crippen molar-refractivity contribution in [3.05, 3.63) is 12.2 Å². The predicted molar refractivity (Wildman–Crippen MR) is 79.6 cm³/mol. The molecule has 15 heteroatoms. The Kier molecular flexibility index (Phi) is 7.07. The van der Waals surface area contributed by atoms with Crippen LogP contribution in [0.2, 0.25) is 0 Å². The molecule has 1 amide bonds. The number of carbonyl (C=O) groups excluding carboxylic acids is 1. The van der Waals surface area contributed by atoms with Gasteiger partial charge in [0.25, 0.3) is 0 Å². The van der Waals surface area contributed by atoms with Crippen LogP contribution in [0.15, 0.2) is 12.2 Å². The molecule has 0 N–H and O–H groups in total. The van der Waals surface area contributed by atoms with Crippen molar-refractivity contribution in [1.82, 2.24) is 4.90 Å². The van der Waals surface area contributed by atoms with Gasteiger partial charge in [0.05, 0.1) is 0 Å². The Morgan fingerprint density at radius 2 is 1.19 bits per heavy atom. The summed E-state index contributed by atoms with van der Waals surface area (Å²) in [5.74, 6) is -38.8. The second kappa shape index (κ2) is 8.01. The third-order valence-electron chi connectivity index (χ3n) is 4.75. The van der Waals surface area contributed by atoms with Gasteiger partial charge < -0.3 is 4.90 Å². The molecule has 0 aliphatic carbocycles. The van der Waals surface area contributed by atoms with Gasteiger partial charge in [-0.1, -0.05) is 19.4 Å². The van der Waals surface area contributed by atoms with Crippen molar-refractivity contribution in [2.45, 2.75) is 74.4 Å². The van der Waals surface area contributed by atoms with Gasteiger partial charge in [0.2, 0.25) is 5.91 Å². The first-order valence-corrected chi connectivity index (χ1v) is 8.51. The van der Waals surface area contributed by atoms with E-state index >= 15 is 0 Å². The molecule has 1 fully saturated rings. The lowest BCUT2D eigenvalue weighted by atomic mass is 9.88. The lowest BCUT2D eigenvalue weighted by molar-refractivity contribution is -0.442. The van der Waals surface area contributed by atoms with E-state index in [1.165, 1.54) is 0 Å². The van der Waals surface area contributed by atoms with Crippen molar-refractivity contribution >= 4 is 5.91 Å². The monoisotopic (exact) mass is 485 g/mol. The fourth-order valence-corrected chi connectivity index (χ4v) is 2.96. The molecule has 1 unspecified atom stereocenters. The number of likely N-dealkylation sites (tertiary alicyclic amines) is 1. The summed E-state index contributed by atoms with van der Waals surface area (Å²) in [5, 5.41) is 0. The van der Waals surface area contributed by atoms with E-state index in [0.29, 0.717) is 0 Å². The molecule has 0 aromatic rings. The molecule has 1 saturated heterocycles. The number of nitrogens with zero attached hydrogens (tertiary/aromatic N) is 1. The number of alkyl halides is 13. The summed E-state index contributed by atoms with van der Waals surface area (Å²) < 4.78 is 174. The molecular formula is C16H16F13NO. The van der Waals surface area contributed by atoms with Gasteiger partial charge in [-0.15, -0.1) is 0 Å². The highest BCUT2D eigenvalue weighted by molar-refractivity contribution is 5.92. The maximum atomic E-state index is 14.5. The quantitative estimate of drug-likeness (QED) is 0.330. The van der Waals surface area contributed by atoms with Crippen LogP contribution in [0.5, 0.6) is 0 Å². The maximum absolute atomic E-state index is 14.5. The zero-order valence-electron chi connectivity index (χ0n) is 15.6. The Balaban J connectivity index is 3.59. The van der Waals surface area contributed by atoms with Gasteiger partial charge in [0.1, 0.15) is 6.04 Å². The van der Waals surface area contributed by atoms with Gasteiger partial charge in [-0.05, 0) is 19.8 Å². The van der Waals surface area contributed by atoms with Crippen LogP contribution in [0.3, 0.4) is 0 Å². The SMILES string of the molecule is C=C(C)C(=O)N1CCCCCC1C(F)(F)C(F)(F)C(F)(F)C(F)(F)C(F)(F)C(F)(F)F. The van der Waals surface area contributed by atoms with E-state index in [-0.39, 0.29) is 24.2 Å². The van der Waals surface area contributed by atoms with Gasteiger partial charge >= 0.3 is 35.8 Å². The van der Waals surface area contributed by atoms with E-state index in [4.69, 9.17) is 0 Å². The Labute approximate surface area is 167 Å². The second-order valence-corrected chi connectivity index (χ2v) is 7.06. The molecule has 0 aromatic carbocycles. The molecular weight excluding hydrogens is 469 g/mol. The standard InChI is InChI=1S/C16H16F13NO/c1-8(2)10(31)30-7-5-3-4-6-9(30)11(17,18)12(19,20)13(21,22)14(23,24)15(25,26)16(27,28)29/h9H,1,3-7H2,2H3. The molecule has 0 radical (unpaired) electrons. The van der Waals surface area contributed by atoms with Gasteiger partial charge in [-0.25, -0.2) is 0 Å². The maximum Gasteiger partial charge on any atom is 0.460 e. The Bertz CT molecular complexity index is 698. The van der Waals surface area contributed by atoms with Crippen molar-refractivity contribution in [2.24, 2.45) is 0 Å². The number of amides is 1. The number of hydrogen-bond acceptors (Lipinski definition) is 1. The van der Waals surface area contributed by atoms with Crippen molar-refractivity contribution in [3.8, 4) is 0 Å². The van der Waals surface area contributed by atoms with E-state index in [2.05, 4.69) is 6.58 Å². The van der Waals surface area contributed by atoms with Gasteiger partial charge in [-0.2, -0.15) is 57.1 Å². The van der Waals surface area contributed by atoms with E-state index in [0.717, 1.165) is 6.92 Å². The summed E-state index contributed by atoms with van der Waals surface area (Å²) in [6.45, 7) is 3.29. The van der Waals surface area contributed by atoms with E-state index < -0.39 is 66.3 Å². The van der Waals surface area contributed by atoms with Crippen molar-refractivity contribution in [2.75, 3.05) is 6.54 Å². The molecule has 182 valence electrons. The summed E-state index contributed by atoms with van der Waals surface area (Å²) in [6.07, 6.45) is -9.04.